The molecule has 0 bridgehead atoms. The molecule has 1 aliphatic rings. The molecule has 0 spiro atoms. The van der Waals surface area contributed by atoms with Crippen LogP contribution in [-0.4, -0.2) is 50.2 Å². The third-order valence-electron chi connectivity index (χ3n) is 3.52. The molecule has 1 aliphatic heterocycles. The Morgan fingerprint density at radius 3 is 2.29 bits per heavy atom. The average Bonchev–Trinajstić information content (AvgIpc) is 2.24. The predicted molar refractivity (Wildman–Crippen MR) is 75.5 cm³/mol. The van der Waals surface area contributed by atoms with E-state index in [0.29, 0.717) is 0 Å². The van der Waals surface area contributed by atoms with Crippen molar-refractivity contribution in [1.29, 1.82) is 0 Å². The number of piperidine rings is 1. The Labute approximate surface area is 107 Å². The highest BCUT2D eigenvalue weighted by atomic mass is 15.1. The van der Waals surface area contributed by atoms with E-state index in [4.69, 9.17) is 0 Å². The second kappa shape index (κ2) is 7.34. The Bertz CT molecular complexity index is 190. The van der Waals surface area contributed by atoms with Gasteiger partial charge in [-0.3, -0.25) is 0 Å². The summed E-state index contributed by atoms with van der Waals surface area (Å²) < 4.78 is 0. The molecule has 0 aliphatic carbocycles. The van der Waals surface area contributed by atoms with Gasteiger partial charge in [0, 0.05) is 18.6 Å². The molecule has 0 amide bonds. The minimum absolute atomic E-state index is 0.246. The fourth-order valence-electron chi connectivity index (χ4n) is 2.31. The van der Waals surface area contributed by atoms with Crippen LogP contribution in [0.1, 0.15) is 40.0 Å². The fraction of sp³-hybridized carbons (Fsp3) is 1.00. The summed E-state index contributed by atoms with van der Waals surface area (Å²) >= 11 is 0. The Balaban J connectivity index is 1.91. The quantitative estimate of drug-likeness (QED) is 0.693. The highest BCUT2D eigenvalue weighted by Gasteiger charge is 2.15. The number of hydrogen-bond acceptors (Lipinski definition) is 3. The van der Waals surface area contributed by atoms with E-state index in [1.54, 1.807) is 0 Å². The standard InChI is InChI=1S/C14H31N3/c1-14(2,3)16-10-9-15-8-5-13-6-11-17(4)12-7-13/h13,15-16H,5-12H2,1-4H3. The molecule has 1 heterocycles. The summed E-state index contributed by atoms with van der Waals surface area (Å²) in [7, 11) is 2.23. The van der Waals surface area contributed by atoms with E-state index >= 15 is 0 Å². The van der Waals surface area contributed by atoms with Crippen LogP contribution in [0.5, 0.6) is 0 Å². The summed E-state index contributed by atoms with van der Waals surface area (Å²) in [6, 6.07) is 0. The highest BCUT2D eigenvalue weighted by Crippen LogP contribution is 2.18. The van der Waals surface area contributed by atoms with E-state index in [-0.39, 0.29) is 5.54 Å². The van der Waals surface area contributed by atoms with Crippen LogP contribution in [0.2, 0.25) is 0 Å². The first-order valence-corrected chi connectivity index (χ1v) is 7.12. The third-order valence-corrected chi connectivity index (χ3v) is 3.52. The van der Waals surface area contributed by atoms with Crippen molar-refractivity contribution in [1.82, 2.24) is 15.5 Å². The SMILES string of the molecule is CN1CCC(CCNCCNC(C)(C)C)CC1. The van der Waals surface area contributed by atoms with Crippen molar-refractivity contribution in [3.05, 3.63) is 0 Å². The number of nitrogens with one attached hydrogen (secondary N) is 2. The van der Waals surface area contributed by atoms with Crippen LogP contribution in [-0.2, 0) is 0 Å². The average molecular weight is 241 g/mol. The predicted octanol–water partition coefficient (Wildman–Crippen LogP) is 1.70. The summed E-state index contributed by atoms with van der Waals surface area (Å²) in [6.07, 6.45) is 4.13. The van der Waals surface area contributed by atoms with E-state index in [1.165, 1.54) is 38.9 Å². The van der Waals surface area contributed by atoms with Crippen molar-refractivity contribution >= 4 is 0 Å². The van der Waals surface area contributed by atoms with Crippen LogP contribution in [0.15, 0.2) is 0 Å². The Hall–Kier alpha value is -0.120. The van der Waals surface area contributed by atoms with Crippen molar-refractivity contribution in [2.24, 2.45) is 5.92 Å². The molecule has 0 unspecified atom stereocenters. The van der Waals surface area contributed by atoms with Crippen LogP contribution in [0.3, 0.4) is 0 Å². The van der Waals surface area contributed by atoms with Crippen LogP contribution in [0.25, 0.3) is 0 Å². The summed E-state index contributed by atoms with van der Waals surface area (Å²) in [5.74, 6) is 0.953. The molecule has 1 saturated heterocycles. The summed E-state index contributed by atoms with van der Waals surface area (Å²) in [4.78, 5) is 2.44. The second-order valence-electron chi connectivity index (χ2n) is 6.46. The molecule has 102 valence electrons. The first kappa shape index (κ1) is 14.9. The number of rotatable bonds is 6. The first-order valence-electron chi connectivity index (χ1n) is 7.12. The van der Waals surface area contributed by atoms with Gasteiger partial charge in [-0.1, -0.05) is 0 Å². The fourth-order valence-corrected chi connectivity index (χ4v) is 2.31. The van der Waals surface area contributed by atoms with E-state index in [2.05, 4.69) is 43.4 Å². The molecular formula is C14H31N3. The molecule has 0 saturated carbocycles. The maximum atomic E-state index is 3.54. The normalized spacial score (nSPS) is 19.8. The van der Waals surface area contributed by atoms with Gasteiger partial charge >= 0.3 is 0 Å². The summed E-state index contributed by atoms with van der Waals surface area (Å²) in [5, 5.41) is 7.04. The number of likely N-dealkylation sites (tertiary alicyclic amines) is 1. The van der Waals surface area contributed by atoms with E-state index in [1.807, 2.05) is 0 Å². The van der Waals surface area contributed by atoms with Gasteiger partial charge in [-0.05, 0) is 72.6 Å². The number of hydrogen-bond donors (Lipinski definition) is 2. The zero-order chi connectivity index (χ0) is 12.7. The van der Waals surface area contributed by atoms with Gasteiger partial charge in [0.1, 0.15) is 0 Å². The van der Waals surface area contributed by atoms with Crippen LogP contribution < -0.4 is 10.6 Å². The van der Waals surface area contributed by atoms with Crippen molar-refractivity contribution < 1.29 is 0 Å². The molecule has 0 aromatic carbocycles. The molecule has 3 heteroatoms. The molecular weight excluding hydrogens is 210 g/mol. The Morgan fingerprint density at radius 2 is 1.71 bits per heavy atom. The summed E-state index contributed by atoms with van der Waals surface area (Å²) in [5.41, 5.74) is 0.246. The van der Waals surface area contributed by atoms with E-state index < -0.39 is 0 Å². The lowest BCUT2D eigenvalue weighted by atomic mass is 9.94. The zero-order valence-electron chi connectivity index (χ0n) is 12.2. The molecule has 3 nitrogen and oxygen atoms in total. The zero-order valence-corrected chi connectivity index (χ0v) is 12.2. The highest BCUT2D eigenvalue weighted by molar-refractivity contribution is 4.72. The molecule has 0 aromatic rings. The van der Waals surface area contributed by atoms with Crippen molar-refractivity contribution in [2.45, 2.75) is 45.6 Å². The van der Waals surface area contributed by atoms with Gasteiger partial charge in [-0.15, -0.1) is 0 Å². The van der Waals surface area contributed by atoms with Gasteiger partial charge < -0.3 is 15.5 Å². The second-order valence-corrected chi connectivity index (χ2v) is 6.46. The first-order chi connectivity index (χ1) is 7.97. The van der Waals surface area contributed by atoms with Gasteiger partial charge in [-0.25, -0.2) is 0 Å². The smallest absolute Gasteiger partial charge is 0.00970 e. The van der Waals surface area contributed by atoms with Gasteiger partial charge in [0.15, 0.2) is 0 Å². The van der Waals surface area contributed by atoms with Crippen LogP contribution in [0, 0.1) is 5.92 Å². The molecule has 2 N–H and O–H groups in total. The minimum Gasteiger partial charge on any atom is -0.315 e. The minimum atomic E-state index is 0.246. The summed E-state index contributed by atoms with van der Waals surface area (Å²) in [6.45, 7) is 12.6. The van der Waals surface area contributed by atoms with E-state index in [0.717, 1.165) is 19.0 Å². The molecule has 1 rings (SSSR count). The molecule has 0 atom stereocenters. The topological polar surface area (TPSA) is 27.3 Å². The molecule has 1 fully saturated rings. The maximum Gasteiger partial charge on any atom is 0.00970 e. The van der Waals surface area contributed by atoms with E-state index in [9.17, 15) is 0 Å². The lowest BCUT2D eigenvalue weighted by Crippen LogP contribution is -2.40. The Kier molecular flexibility index (Phi) is 6.45. The van der Waals surface area contributed by atoms with Crippen molar-refractivity contribution in [3.63, 3.8) is 0 Å². The van der Waals surface area contributed by atoms with Crippen molar-refractivity contribution in [2.75, 3.05) is 39.8 Å². The monoisotopic (exact) mass is 241 g/mol. The van der Waals surface area contributed by atoms with Gasteiger partial charge in [0.25, 0.3) is 0 Å². The van der Waals surface area contributed by atoms with Gasteiger partial charge in [0.05, 0.1) is 0 Å². The molecule has 0 aromatic heterocycles. The lowest BCUT2D eigenvalue weighted by Gasteiger charge is -2.29. The molecule has 0 radical (unpaired) electrons. The van der Waals surface area contributed by atoms with Gasteiger partial charge in [0.2, 0.25) is 0 Å². The third kappa shape index (κ3) is 7.74. The number of nitrogens with zero attached hydrogens (tertiary/aromatic N) is 1. The lowest BCUT2D eigenvalue weighted by molar-refractivity contribution is 0.211. The van der Waals surface area contributed by atoms with Crippen molar-refractivity contribution in [3.8, 4) is 0 Å². The van der Waals surface area contributed by atoms with Crippen LogP contribution >= 0.6 is 0 Å². The maximum absolute atomic E-state index is 3.54. The van der Waals surface area contributed by atoms with Gasteiger partial charge in [-0.2, -0.15) is 0 Å². The molecule has 17 heavy (non-hydrogen) atoms. The Morgan fingerprint density at radius 1 is 1.06 bits per heavy atom. The van der Waals surface area contributed by atoms with Crippen LogP contribution in [0.4, 0.5) is 0 Å². The largest absolute Gasteiger partial charge is 0.315 e.